The molecule has 1 unspecified atom stereocenters. The van der Waals surface area contributed by atoms with Gasteiger partial charge in [0.05, 0.1) is 5.69 Å². The van der Waals surface area contributed by atoms with Gasteiger partial charge in [0.15, 0.2) is 0 Å². The molecule has 3 N–H and O–H groups in total. The van der Waals surface area contributed by atoms with Crippen LogP contribution in [0, 0.1) is 0 Å². The van der Waals surface area contributed by atoms with Gasteiger partial charge in [-0.1, -0.05) is 60.7 Å². The number of benzene rings is 4. The first-order valence-electron chi connectivity index (χ1n) is 10.4. The molecule has 6 heteroatoms. The summed E-state index contributed by atoms with van der Waals surface area (Å²) in [6.07, 6.45) is 0. The van der Waals surface area contributed by atoms with Gasteiger partial charge in [-0.2, -0.15) is 0 Å². The molecule has 2 amide bonds. The summed E-state index contributed by atoms with van der Waals surface area (Å²) in [6.45, 7) is 1.43. The number of rotatable bonds is 5. The quantitative estimate of drug-likeness (QED) is 0.403. The lowest BCUT2D eigenvalue weighted by Crippen LogP contribution is -2.40. The Balaban J connectivity index is 1.98. The zero-order valence-corrected chi connectivity index (χ0v) is 18.2. The molecule has 1 atom stereocenters. The monoisotopic (exact) mass is 427 g/mol. The minimum atomic E-state index is -1.09. The molecule has 0 heterocycles. The second-order valence-corrected chi connectivity index (χ2v) is 7.94. The molecular weight excluding hydrogens is 402 g/mol. The zero-order valence-electron chi connectivity index (χ0n) is 18.2. The first kappa shape index (κ1) is 21.2. The Morgan fingerprint density at radius 3 is 1.97 bits per heavy atom. The summed E-state index contributed by atoms with van der Waals surface area (Å²) in [4.78, 5) is 25.9. The number of carbonyl (C=O) groups excluding carboxylic acids is 1. The Morgan fingerprint density at radius 2 is 1.38 bits per heavy atom. The highest BCUT2D eigenvalue weighted by Gasteiger charge is 2.20. The van der Waals surface area contributed by atoms with Gasteiger partial charge in [-0.15, -0.1) is 0 Å². The van der Waals surface area contributed by atoms with Gasteiger partial charge >= 0.3 is 12.0 Å². The lowest BCUT2D eigenvalue weighted by Gasteiger charge is -2.23. The minimum absolute atomic E-state index is 0.567. The number of hydrogen-bond donors (Lipinski definition) is 3. The second kappa shape index (κ2) is 8.59. The lowest BCUT2D eigenvalue weighted by molar-refractivity contribution is -0.138. The number of carboxylic acids is 1. The summed E-state index contributed by atoms with van der Waals surface area (Å²) in [7, 11) is 3.99. The third-order valence-electron chi connectivity index (χ3n) is 5.53. The maximum atomic E-state index is 12.6. The number of hydrogen-bond acceptors (Lipinski definition) is 3. The van der Waals surface area contributed by atoms with Crippen LogP contribution in [0.3, 0.4) is 0 Å². The molecule has 0 bridgehead atoms. The van der Waals surface area contributed by atoms with Crippen LogP contribution in [-0.4, -0.2) is 37.2 Å². The van der Waals surface area contributed by atoms with Crippen molar-refractivity contribution in [3.8, 4) is 11.1 Å². The van der Waals surface area contributed by atoms with Crippen molar-refractivity contribution in [2.75, 3.05) is 24.3 Å². The molecule has 0 fully saturated rings. The van der Waals surface area contributed by atoms with Gasteiger partial charge < -0.3 is 20.6 Å². The van der Waals surface area contributed by atoms with Crippen molar-refractivity contribution in [3.05, 3.63) is 72.8 Å². The molecule has 0 saturated heterocycles. The molecule has 0 aliphatic carbocycles. The normalized spacial score (nSPS) is 11.8. The molecule has 4 aromatic rings. The number of nitrogens with zero attached hydrogens (tertiary/aromatic N) is 1. The van der Waals surface area contributed by atoms with Gasteiger partial charge in [-0.25, -0.2) is 4.79 Å². The molecule has 0 radical (unpaired) electrons. The van der Waals surface area contributed by atoms with Crippen LogP contribution in [-0.2, 0) is 4.79 Å². The summed E-state index contributed by atoms with van der Waals surface area (Å²) in [5, 5.41) is 18.7. The van der Waals surface area contributed by atoms with Crippen LogP contribution in [0.25, 0.3) is 32.7 Å². The van der Waals surface area contributed by atoms with Crippen LogP contribution in [0.5, 0.6) is 0 Å². The topological polar surface area (TPSA) is 81.7 Å². The van der Waals surface area contributed by atoms with Crippen LogP contribution in [0.15, 0.2) is 72.8 Å². The highest BCUT2D eigenvalue weighted by molar-refractivity contribution is 6.15. The van der Waals surface area contributed by atoms with E-state index in [1.165, 1.54) is 6.92 Å². The highest BCUT2D eigenvalue weighted by atomic mass is 16.4. The third kappa shape index (κ3) is 3.95. The van der Waals surface area contributed by atoms with Gasteiger partial charge in [-0.3, -0.25) is 4.79 Å². The maximum Gasteiger partial charge on any atom is 0.325 e. The van der Waals surface area contributed by atoms with Gasteiger partial charge in [0.2, 0.25) is 0 Å². The number of anilines is 2. The number of aliphatic carboxylic acids is 1. The number of fused-ring (bicyclic) bond motifs is 2. The van der Waals surface area contributed by atoms with Crippen molar-refractivity contribution >= 4 is 44.9 Å². The van der Waals surface area contributed by atoms with Gasteiger partial charge in [0.25, 0.3) is 0 Å². The van der Waals surface area contributed by atoms with Gasteiger partial charge in [0.1, 0.15) is 6.04 Å². The lowest BCUT2D eigenvalue weighted by atomic mass is 9.90. The van der Waals surface area contributed by atoms with Crippen molar-refractivity contribution < 1.29 is 14.7 Å². The third-order valence-corrected chi connectivity index (χ3v) is 5.53. The van der Waals surface area contributed by atoms with Gasteiger partial charge in [0, 0.05) is 30.9 Å². The first-order valence-corrected chi connectivity index (χ1v) is 10.4. The molecule has 0 aromatic heterocycles. The van der Waals surface area contributed by atoms with E-state index < -0.39 is 18.0 Å². The van der Waals surface area contributed by atoms with E-state index in [0.717, 1.165) is 38.4 Å². The Morgan fingerprint density at radius 1 is 0.812 bits per heavy atom. The molecule has 0 aliphatic heterocycles. The fraction of sp³-hybridized carbons (Fsp3) is 0.154. The number of amides is 2. The Hall–Kier alpha value is -4.06. The SMILES string of the molecule is CC(NC(=O)Nc1ccc2ccccc2c1-c1c(N(C)C)ccc2ccccc12)C(=O)O. The molecule has 162 valence electrons. The smallest absolute Gasteiger partial charge is 0.325 e. The predicted octanol–water partition coefficient (Wildman–Crippen LogP) is 5.32. The largest absolute Gasteiger partial charge is 0.480 e. The van der Waals surface area contributed by atoms with E-state index in [-0.39, 0.29) is 0 Å². The van der Waals surface area contributed by atoms with Crippen LogP contribution < -0.4 is 15.5 Å². The van der Waals surface area contributed by atoms with E-state index in [9.17, 15) is 9.59 Å². The van der Waals surface area contributed by atoms with Gasteiger partial charge in [-0.05, 0) is 40.6 Å². The average molecular weight is 428 g/mol. The van der Waals surface area contributed by atoms with Crippen LogP contribution >= 0.6 is 0 Å². The number of carboxylic acid groups (broad SMARTS) is 1. The summed E-state index contributed by atoms with van der Waals surface area (Å²) in [6, 6.07) is 22.6. The maximum absolute atomic E-state index is 12.6. The Kier molecular flexibility index (Phi) is 5.69. The number of nitrogens with one attached hydrogen (secondary N) is 2. The second-order valence-electron chi connectivity index (χ2n) is 7.94. The van der Waals surface area contributed by atoms with Crippen molar-refractivity contribution in [1.29, 1.82) is 0 Å². The molecule has 4 rings (SSSR count). The van der Waals surface area contributed by atoms with E-state index in [4.69, 9.17) is 5.11 Å². The number of carbonyl (C=O) groups is 2. The average Bonchev–Trinajstić information content (AvgIpc) is 2.78. The van der Waals surface area contributed by atoms with E-state index >= 15 is 0 Å². The van der Waals surface area contributed by atoms with Crippen LogP contribution in [0.4, 0.5) is 16.2 Å². The standard InChI is InChI=1S/C26H25N3O3/c1-16(25(30)31)27-26(32)28-21-14-12-17-8-4-6-10-19(17)23(21)24-20-11-7-5-9-18(20)13-15-22(24)29(2)3/h4-16H,1-3H3,(H,30,31)(H2,27,28,32). The molecule has 32 heavy (non-hydrogen) atoms. The summed E-state index contributed by atoms with van der Waals surface area (Å²) in [5.74, 6) is -1.09. The molecule has 4 aromatic carbocycles. The van der Waals surface area contributed by atoms with Crippen molar-refractivity contribution in [3.63, 3.8) is 0 Å². The number of urea groups is 1. The van der Waals surface area contributed by atoms with E-state index in [1.807, 2.05) is 62.6 Å². The molecular formula is C26H25N3O3. The van der Waals surface area contributed by atoms with Crippen LogP contribution in [0.2, 0.25) is 0 Å². The Labute approximate surface area is 186 Å². The van der Waals surface area contributed by atoms with Crippen molar-refractivity contribution in [2.24, 2.45) is 0 Å². The van der Waals surface area contributed by atoms with E-state index in [0.29, 0.717) is 5.69 Å². The molecule has 0 spiro atoms. The molecule has 0 saturated carbocycles. The predicted molar refractivity (Wildman–Crippen MR) is 130 cm³/mol. The van der Waals surface area contributed by atoms with E-state index in [2.05, 4.69) is 39.8 Å². The zero-order chi connectivity index (χ0) is 22.8. The van der Waals surface area contributed by atoms with E-state index in [1.54, 1.807) is 0 Å². The molecule has 0 aliphatic rings. The summed E-state index contributed by atoms with van der Waals surface area (Å²) >= 11 is 0. The molecule has 6 nitrogen and oxygen atoms in total. The van der Waals surface area contributed by atoms with Crippen molar-refractivity contribution in [2.45, 2.75) is 13.0 Å². The first-order chi connectivity index (χ1) is 15.4. The van der Waals surface area contributed by atoms with Crippen LogP contribution in [0.1, 0.15) is 6.92 Å². The summed E-state index contributed by atoms with van der Waals surface area (Å²) in [5.41, 5.74) is 3.52. The highest BCUT2D eigenvalue weighted by Crippen LogP contribution is 2.44. The van der Waals surface area contributed by atoms with Crippen molar-refractivity contribution in [1.82, 2.24) is 5.32 Å². The fourth-order valence-electron chi connectivity index (χ4n) is 3.96. The summed E-state index contributed by atoms with van der Waals surface area (Å²) < 4.78 is 0. The minimum Gasteiger partial charge on any atom is -0.480 e. The Bertz CT molecular complexity index is 1330. The fourth-order valence-corrected chi connectivity index (χ4v) is 3.96.